The second-order valence-electron chi connectivity index (χ2n) is 7.39. The maximum Gasteiger partial charge on any atom is 0.201 e. The van der Waals surface area contributed by atoms with Crippen LogP contribution in [-0.4, -0.2) is 5.78 Å². The summed E-state index contributed by atoms with van der Waals surface area (Å²) in [6.07, 6.45) is 3.25. The van der Waals surface area contributed by atoms with Crippen LogP contribution in [0.3, 0.4) is 0 Å². The Balaban J connectivity index is 1.67. The summed E-state index contributed by atoms with van der Waals surface area (Å²) >= 11 is 0. The molecule has 1 aliphatic rings. The number of carbonyl (C=O) groups excluding carboxylic acids is 1. The van der Waals surface area contributed by atoms with Crippen LogP contribution in [0.4, 0.5) is 0 Å². The lowest BCUT2D eigenvalue weighted by molar-refractivity contribution is 0.0874. The first kappa shape index (κ1) is 15.4. The van der Waals surface area contributed by atoms with Crippen LogP contribution in [-0.2, 0) is 6.42 Å². The highest BCUT2D eigenvalue weighted by molar-refractivity contribution is 6.09. The van der Waals surface area contributed by atoms with Crippen molar-refractivity contribution in [1.82, 2.24) is 0 Å². The predicted molar refractivity (Wildman–Crippen MR) is 105 cm³/mol. The highest BCUT2D eigenvalue weighted by Gasteiger charge is 2.31. The van der Waals surface area contributed by atoms with E-state index in [-0.39, 0.29) is 11.7 Å². The fraction of sp³-hybridized carbons (Fsp3) is 0.208. The molecule has 1 aromatic heterocycles. The molecule has 0 saturated carbocycles. The molecule has 4 aromatic rings. The van der Waals surface area contributed by atoms with Gasteiger partial charge < -0.3 is 4.42 Å². The van der Waals surface area contributed by atoms with Crippen LogP contribution in [0.25, 0.3) is 21.5 Å². The molecular formula is C24H20O2. The van der Waals surface area contributed by atoms with E-state index in [1.165, 1.54) is 32.7 Å². The summed E-state index contributed by atoms with van der Waals surface area (Å²) in [5, 5.41) is 5.09. The third-order valence-electron chi connectivity index (χ3n) is 5.83. The highest BCUT2D eigenvalue weighted by atomic mass is 16.3. The van der Waals surface area contributed by atoms with Crippen molar-refractivity contribution in [2.75, 3.05) is 0 Å². The van der Waals surface area contributed by atoms with Crippen LogP contribution in [0.1, 0.15) is 40.9 Å². The molecule has 2 unspecified atom stereocenters. The number of Topliss-reactive ketones (excluding diaryl/α,β-unsaturated/α-hetero) is 1. The Morgan fingerprint density at radius 2 is 1.77 bits per heavy atom. The van der Waals surface area contributed by atoms with E-state index in [0.717, 1.165) is 12.8 Å². The van der Waals surface area contributed by atoms with Gasteiger partial charge in [-0.3, -0.25) is 4.79 Å². The van der Waals surface area contributed by atoms with Crippen molar-refractivity contribution in [3.05, 3.63) is 83.8 Å². The minimum Gasteiger partial charge on any atom is -0.461 e. The van der Waals surface area contributed by atoms with E-state index in [4.69, 9.17) is 4.42 Å². The van der Waals surface area contributed by atoms with Crippen LogP contribution in [0, 0.1) is 5.92 Å². The smallest absolute Gasteiger partial charge is 0.201 e. The second-order valence-corrected chi connectivity index (χ2v) is 7.39. The molecular weight excluding hydrogens is 320 g/mol. The summed E-state index contributed by atoms with van der Waals surface area (Å²) in [5.74, 6) is 0.973. The molecule has 128 valence electrons. The quantitative estimate of drug-likeness (QED) is 0.324. The van der Waals surface area contributed by atoms with Crippen molar-refractivity contribution in [3.8, 4) is 0 Å². The Hall–Kier alpha value is -2.87. The zero-order valence-electron chi connectivity index (χ0n) is 14.7. The summed E-state index contributed by atoms with van der Waals surface area (Å²) < 4.78 is 5.37. The summed E-state index contributed by atoms with van der Waals surface area (Å²) in [6.45, 7) is 2.23. The zero-order valence-corrected chi connectivity index (χ0v) is 14.7. The van der Waals surface area contributed by atoms with Gasteiger partial charge in [0, 0.05) is 5.92 Å². The summed E-state index contributed by atoms with van der Waals surface area (Å²) in [4.78, 5) is 12.9. The lowest BCUT2D eigenvalue weighted by atomic mass is 9.74. The summed E-state index contributed by atoms with van der Waals surface area (Å²) in [6, 6.07) is 21.0. The highest BCUT2D eigenvalue weighted by Crippen LogP contribution is 2.41. The fourth-order valence-corrected chi connectivity index (χ4v) is 4.56. The van der Waals surface area contributed by atoms with Crippen LogP contribution in [0.5, 0.6) is 0 Å². The van der Waals surface area contributed by atoms with Crippen molar-refractivity contribution < 1.29 is 9.21 Å². The molecule has 0 amide bonds. The zero-order chi connectivity index (χ0) is 17.7. The number of rotatable bonds is 2. The number of hydrogen-bond acceptors (Lipinski definition) is 2. The largest absolute Gasteiger partial charge is 0.461 e. The number of benzene rings is 3. The second kappa shape index (κ2) is 5.84. The fourth-order valence-electron chi connectivity index (χ4n) is 4.56. The van der Waals surface area contributed by atoms with Gasteiger partial charge in [-0.05, 0) is 63.6 Å². The van der Waals surface area contributed by atoms with E-state index < -0.39 is 0 Å². The van der Waals surface area contributed by atoms with Gasteiger partial charge in [-0.15, -0.1) is 0 Å². The molecule has 2 nitrogen and oxygen atoms in total. The Bertz CT molecular complexity index is 1120. The molecule has 2 heteroatoms. The van der Waals surface area contributed by atoms with Crippen LogP contribution < -0.4 is 0 Å². The molecule has 1 aliphatic carbocycles. The number of furan rings is 1. The summed E-state index contributed by atoms with van der Waals surface area (Å²) in [5.41, 5.74) is 2.72. The monoisotopic (exact) mass is 340 g/mol. The van der Waals surface area contributed by atoms with Crippen molar-refractivity contribution >= 4 is 27.3 Å². The van der Waals surface area contributed by atoms with Crippen molar-refractivity contribution in [2.24, 2.45) is 5.92 Å². The van der Waals surface area contributed by atoms with E-state index in [1.807, 2.05) is 0 Å². The van der Waals surface area contributed by atoms with Crippen LogP contribution in [0.2, 0.25) is 0 Å². The van der Waals surface area contributed by atoms with Crippen molar-refractivity contribution in [3.63, 3.8) is 0 Å². The average molecular weight is 340 g/mol. The first-order chi connectivity index (χ1) is 12.7. The van der Waals surface area contributed by atoms with E-state index in [2.05, 4.69) is 55.5 Å². The Morgan fingerprint density at radius 3 is 2.62 bits per heavy atom. The van der Waals surface area contributed by atoms with Gasteiger partial charge in [0.1, 0.15) is 0 Å². The maximum absolute atomic E-state index is 12.9. The van der Waals surface area contributed by atoms with Crippen LogP contribution >= 0.6 is 0 Å². The van der Waals surface area contributed by atoms with Crippen molar-refractivity contribution in [2.45, 2.75) is 25.7 Å². The SMILES string of the molecule is CC1CC(C(=O)c2ccco2)Cc2c1ccc1c2ccc2ccccc21. The van der Waals surface area contributed by atoms with Gasteiger partial charge in [-0.1, -0.05) is 55.5 Å². The van der Waals surface area contributed by atoms with E-state index >= 15 is 0 Å². The van der Waals surface area contributed by atoms with E-state index in [9.17, 15) is 4.79 Å². The Kier molecular flexibility index (Phi) is 3.46. The number of ketones is 1. The lowest BCUT2D eigenvalue weighted by Gasteiger charge is -2.29. The van der Waals surface area contributed by atoms with Gasteiger partial charge in [0.25, 0.3) is 0 Å². The molecule has 0 radical (unpaired) electrons. The molecule has 0 saturated heterocycles. The first-order valence-electron chi connectivity index (χ1n) is 9.23. The third kappa shape index (κ3) is 2.29. The molecule has 0 spiro atoms. The third-order valence-corrected chi connectivity index (χ3v) is 5.83. The first-order valence-corrected chi connectivity index (χ1v) is 9.23. The van der Waals surface area contributed by atoms with Gasteiger partial charge in [-0.25, -0.2) is 0 Å². The number of carbonyl (C=O) groups is 1. The Labute approximate surface area is 152 Å². The summed E-state index contributed by atoms with van der Waals surface area (Å²) in [7, 11) is 0. The van der Waals surface area contributed by atoms with Gasteiger partial charge in [0.05, 0.1) is 6.26 Å². The Morgan fingerprint density at radius 1 is 0.923 bits per heavy atom. The standard InChI is InChI=1S/C24H20O2/c1-15-13-17(24(25)23-7-4-12-26-23)14-22-18(15)10-11-20-19-6-3-2-5-16(19)8-9-21(20)22/h2-12,15,17H,13-14H2,1H3. The molecule has 26 heavy (non-hydrogen) atoms. The van der Waals surface area contributed by atoms with Crippen LogP contribution in [0.15, 0.2) is 71.3 Å². The van der Waals surface area contributed by atoms with E-state index in [1.54, 1.807) is 18.4 Å². The molecule has 0 fully saturated rings. The lowest BCUT2D eigenvalue weighted by Crippen LogP contribution is -2.24. The van der Waals surface area contributed by atoms with Gasteiger partial charge in [-0.2, -0.15) is 0 Å². The van der Waals surface area contributed by atoms with Gasteiger partial charge in [0.2, 0.25) is 5.78 Å². The topological polar surface area (TPSA) is 30.2 Å². The molecule has 0 N–H and O–H groups in total. The molecule has 5 rings (SSSR count). The number of hydrogen-bond donors (Lipinski definition) is 0. The van der Waals surface area contributed by atoms with Gasteiger partial charge >= 0.3 is 0 Å². The minimum absolute atomic E-state index is 0.0132. The molecule has 1 heterocycles. The maximum atomic E-state index is 12.9. The molecule has 0 bridgehead atoms. The van der Waals surface area contributed by atoms with Gasteiger partial charge in [0.15, 0.2) is 5.76 Å². The van der Waals surface area contributed by atoms with Crippen molar-refractivity contribution in [1.29, 1.82) is 0 Å². The number of fused-ring (bicyclic) bond motifs is 5. The predicted octanol–water partition coefficient (Wildman–Crippen LogP) is 6.13. The molecule has 0 aliphatic heterocycles. The average Bonchev–Trinajstić information content (AvgIpc) is 3.21. The minimum atomic E-state index is -0.0132. The van der Waals surface area contributed by atoms with E-state index in [0.29, 0.717) is 11.7 Å². The molecule has 2 atom stereocenters. The molecule has 3 aromatic carbocycles. The normalized spacial score (nSPS) is 19.6.